The first kappa shape index (κ1) is 13.3. The highest BCUT2D eigenvalue weighted by Gasteiger charge is 1.93. The van der Waals surface area contributed by atoms with Gasteiger partial charge in [0, 0.05) is 38.6 Å². The molecular weight excluding hydrogens is 188 g/mol. The average Bonchev–Trinajstić information content (AvgIpc) is 2.16. The second-order valence-corrected chi connectivity index (χ2v) is 3.16. The first-order valence-electron chi connectivity index (χ1n) is 4.75. The van der Waals surface area contributed by atoms with E-state index in [1.165, 1.54) is 0 Å². The van der Waals surface area contributed by atoms with Gasteiger partial charge in [0.25, 0.3) is 0 Å². The van der Waals surface area contributed by atoms with Crippen LogP contribution in [0.25, 0.3) is 0 Å². The third-order valence-corrected chi connectivity index (χ3v) is 1.67. The molecule has 0 bridgehead atoms. The Balaban J connectivity index is 3.92. The summed E-state index contributed by atoms with van der Waals surface area (Å²) in [6.07, 6.45) is 5.24. The molecule has 3 N–H and O–H groups in total. The van der Waals surface area contributed by atoms with Crippen LogP contribution in [0.3, 0.4) is 0 Å². The van der Waals surface area contributed by atoms with Crippen LogP contribution in [0, 0.1) is 0 Å². The monoisotopic (exact) mass is 208 g/mol. The van der Waals surface area contributed by atoms with Crippen LogP contribution in [0.15, 0.2) is 41.7 Å². The number of rotatable bonds is 7. The van der Waals surface area contributed by atoms with E-state index in [0.29, 0.717) is 5.70 Å². The quantitative estimate of drug-likeness (QED) is 0.368. The van der Waals surface area contributed by atoms with Gasteiger partial charge in [-0.15, -0.1) is 0 Å². The van der Waals surface area contributed by atoms with Gasteiger partial charge < -0.3 is 16.0 Å². The summed E-state index contributed by atoms with van der Waals surface area (Å²) in [5, 5.41) is 3.19. The highest BCUT2D eigenvalue weighted by atomic mass is 15.1. The van der Waals surface area contributed by atoms with E-state index in [1.807, 2.05) is 11.9 Å². The molecule has 0 rings (SSSR count). The summed E-state index contributed by atoms with van der Waals surface area (Å²) in [6.45, 7) is 8.94. The molecule has 0 aliphatic rings. The first-order chi connectivity index (χ1) is 7.10. The fraction of sp³-hybridized carbons (Fsp3) is 0.364. The van der Waals surface area contributed by atoms with Gasteiger partial charge in [-0.05, 0) is 12.2 Å². The minimum Gasteiger partial charge on any atom is -0.399 e. The molecule has 0 saturated carbocycles. The van der Waals surface area contributed by atoms with E-state index >= 15 is 0 Å². The molecule has 0 amide bonds. The summed E-state index contributed by atoms with van der Waals surface area (Å²) in [6, 6.07) is 0. The Kier molecular flexibility index (Phi) is 6.80. The van der Waals surface area contributed by atoms with E-state index < -0.39 is 0 Å². The minimum absolute atomic E-state index is 0.515. The van der Waals surface area contributed by atoms with Crippen molar-refractivity contribution in [2.45, 2.75) is 0 Å². The van der Waals surface area contributed by atoms with E-state index in [-0.39, 0.29) is 0 Å². The fourth-order valence-electron chi connectivity index (χ4n) is 1.01. The van der Waals surface area contributed by atoms with Gasteiger partial charge in [0.15, 0.2) is 0 Å². The molecule has 0 spiro atoms. The lowest BCUT2D eigenvalue weighted by Gasteiger charge is -2.14. The molecule has 0 fully saturated rings. The normalized spacial score (nSPS) is 11.5. The number of nitrogens with two attached hydrogens (primary N) is 1. The van der Waals surface area contributed by atoms with Crippen LogP contribution in [0.5, 0.6) is 0 Å². The maximum Gasteiger partial charge on any atom is 0.0844 e. The topological polar surface area (TPSA) is 53.6 Å². The Labute approximate surface area is 91.9 Å². The number of nitrogens with one attached hydrogen (secondary N) is 1. The number of likely N-dealkylation sites (N-methyl/N-ethyl adjacent to an activating group) is 1. The molecule has 0 heterocycles. The van der Waals surface area contributed by atoms with Gasteiger partial charge in [0.05, 0.1) is 6.34 Å². The van der Waals surface area contributed by atoms with Crippen molar-refractivity contribution in [3.63, 3.8) is 0 Å². The molecule has 0 aliphatic carbocycles. The second-order valence-electron chi connectivity index (χ2n) is 3.16. The van der Waals surface area contributed by atoms with Crippen LogP contribution in [-0.4, -0.2) is 38.4 Å². The largest absolute Gasteiger partial charge is 0.399 e. The third-order valence-electron chi connectivity index (χ3n) is 1.67. The number of nitrogens with zero attached hydrogens (tertiary/aromatic N) is 2. The third kappa shape index (κ3) is 7.37. The Morgan fingerprint density at radius 3 is 2.73 bits per heavy atom. The summed E-state index contributed by atoms with van der Waals surface area (Å²) < 4.78 is 0. The molecule has 0 radical (unpaired) electrons. The van der Waals surface area contributed by atoms with Crippen molar-refractivity contribution in [3.05, 3.63) is 36.7 Å². The highest BCUT2D eigenvalue weighted by Crippen LogP contribution is 1.93. The Morgan fingerprint density at radius 1 is 1.60 bits per heavy atom. The number of hydrogen-bond acceptors (Lipinski definition) is 3. The zero-order valence-electron chi connectivity index (χ0n) is 9.53. The summed E-state index contributed by atoms with van der Waals surface area (Å²) >= 11 is 0. The molecule has 0 aliphatic heterocycles. The van der Waals surface area contributed by atoms with E-state index in [0.717, 1.165) is 18.8 Å². The van der Waals surface area contributed by atoms with E-state index in [9.17, 15) is 0 Å². The van der Waals surface area contributed by atoms with Crippen molar-refractivity contribution in [1.82, 2.24) is 10.2 Å². The van der Waals surface area contributed by atoms with Crippen molar-refractivity contribution in [2.75, 3.05) is 27.2 Å². The van der Waals surface area contributed by atoms with Crippen molar-refractivity contribution >= 4 is 6.34 Å². The molecule has 0 unspecified atom stereocenters. The number of aliphatic imine (C=N–C) groups is 1. The van der Waals surface area contributed by atoms with Gasteiger partial charge in [-0.3, -0.25) is 4.99 Å². The molecule has 0 atom stereocenters. The van der Waals surface area contributed by atoms with Crippen molar-refractivity contribution in [1.29, 1.82) is 0 Å². The maximum atomic E-state index is 5.46. The van der Waals surface area contributed by atoms with Crippen molar-refractivity contribution < 1.29 is 0 Å². The summed E-state index contributed by atoms with van der Waals surface area (Å²) in [7, 11) is 3.71. The number of hydrogen-bond donors (Lipinski definition) is 2. The predicted octanol–water partition coefficient (Wildman–Crippen LogP) is 0.708. The SMILES string of the molecule is C=C/C(=C\C(=C)N)NCCN(C)C=NC. The molecule has 15 heavy (non-hydrogen) atoms. The van der Waals surface area contributed by atoms with Crippen LogP contribution in [0.2, 0.25) is 0 Å². The Hall–Kier alpha value is -1.71. The molecule has 0 aromatic heterocycles. The lowest BCUT2D eigenvalue weighted by Crippen LogP contribution is -2.27. The minimum atomic E-state index is 0.515. The fourth-order valence-corrected chi connectivity index (χ4v) is 1.01. The van der Waals surface area contributed by atoms with Crippen LogP contribution in [0.1, 0.15) is 0 Å². The molecule has 0 saturated heterocycles. The molecule has 84 valence electrons. The summed E-state index contributed by atoms with van der Waals surface area (Å²) in [5.74, 6) is 0. The Bertz CT molecular complexity index is 266. The first-order valence-corrected chi connectivity index (χ1v) is 4.75. The van der Waals surface area contributed by atoms with Gasteiger partial charge in [0.1, 0.15) is 0 Å². The smallest absolute Gasteiger partial charge is 0.0844 e. The lowest BCUT2D eigenvalue weighted by atomic mass is 10.3. The van der Waals surface area contributed by atoms with Gasteiger partial charge in [-0.1, -0.05) is 13.2 Å². The molecular formula is C11H20N4. The zero-order chi connectivity index (χ0) is 11.7. The predicted molar refractivity (Wildman–Crippen MR) is 66.7 cm³/mol. The molecule has 0 aromatic carbocycles. The van der Waals surface area contributed by atoms with E-state index in [4.69, 9.17) is 5.73 Å². The molecule has 0 aromatic rings. The van der Waals surface area contributed by atoms with Crippen LogP contribution >= 0.6 is 0 Å². The molecule has 4 heteroatoms. The number of allylic oxidation sites excluding steroid dienone is 2. The maximum absolute atomic E-state index is 5.46. The van der Waals surface area contributed by atoms with Crippen LogP contribution in [0.4, 0.5) is 0 Å². The highest BCUT2D eigenvalue weighted by molar-refractivity contribution is 5.53. The lowest BCUT2D eigenvalue weighted by molar-refractivity contribution is 0.510. The van der Waals surface area contributed by atoms with Crippen LogP contribution < -0.4 is 11.1 Å². The van der Waals surface area contributed by atoms with Gasteiger partial charge in [-0.2, -0.15) is 0 Å². The zero-order valence-corrected chi connectivity index (χ0v) is 9.53. The summed E-state index contributed by atoms with van der Waals surface area (Å²) in [4.78, 5) is 5.90. The van der Waals surface area contributed by atoms with Crippen molar-refractivity contribution in [3.8, 4) is 0 Å². The van der Waals surface area contributed by atoms with Crippen molar-refractivity contribution in [2.24, 2.45) is 10.7 Å². The van der Waals surface area contributed by atoms with Gasteiger partial charge in [0.2, 0.25) is 0 Å². The second kappa shape index (κ2) is 7.67. The average molecular weight is 208 g/mol. The summed E-state index contributed by atoms with van der Waals surface area (Å²) in [5.41, 5.74) is 6.85. The standard InChI is InChI=1S/C11H20N4/c1-5-11(8-10(2)12)14-6-7-15(4)9-13-3/h5,8-9,14H,1-2,6-7,12H2,3-4H3/b11-8+,13-9?. The van der Waals surface area contributed by atoms with Crippen LogP contribution in [-0.2, 0) is 0 Å². The van der Waals surface area contributed by atoms with Gasteiger partial charge >= 0.3 is 0 Å². The van der Waals surface area contributed by atoms with E-state index in [1.54, 1.807) is 25.5 Å². The Morgan fingerprint density at radius 2 is 2.27 bits per heavy atom. The molecule has 4 nitrogen and oxygen atoms in total. The van der Waals surface area contributed by atoms with E-state index in [2.05, 4.69) is 23.5 Å². The van der Waals surface area contributed by atoms with Gasteiger partial charge in [-0.25, -0.2) is 0 Å².